The maximum absolute atomic E-state index is 13.8. The van der Waals surface area contributed by atoms with Crippen molar-refractivity contribution >= 4 is 32.6 Å². The van der Waals surface area contributed by atoms with Gasteiger partial charge in [0.2, 0.25) is 15.9 Å². The van der Waals surface area contributed by atoms with E-state index in [2.05, 4.69) is 21.1 Å². The number of aryl methyl sites for hydroxylation is 1. The first kappa shape index (κ1) is 28.9. The van der Waals surface area contributed by atoms with Crippen molar-refractivity contribution in [3.8, 4) is 6.07 Å². The molecule has 2 aromatic rings. The van der Waals surface area contributed by atoms with E-state index in [0.29, 0.717) is 17.5 Å². The number of amides is 1. The molecule has 1 aromatic carbocycles. The summed E-state index contributed by atoms with van der Waals surface area (Å²) in [6.45, 7) is 11.3. The number of rotatable bonds is 8. The number of aromatic nitrogens is 1. The monoisotopic (exact) mass is 555 g/mol. The second kappa shape index (κ2) is 9.84. The summed E-state index contributed by atoms with van der Waals surface area (Å²) in [5.74, 6) is -1.56. The first-order valence-electron chi connectivity index (χ1n) is 13.1. The van der Waals surface area contributed by atoms with Crippen LogP contribution in [0.3, 0.4) is 0 Å². The molecular weight excluding hydrogens is 518 g/mol. The second-order valence-corrected chi connectivity index (χ2v) is 14.3. The van der Waals surface area contributed by atoms with E-state index in [-0.39, 0.29) is 29.3 Å². The van der Waals surface area contributed by atoms with E-state index in [1.54, 1.807) is 26.8 Å². The molecule has 1 aromatic heterocycles. The summed E-state index contributed by atoms with van der Waals surface area (Å²) in [5, 5.41) is 13.5. The van der Waals surface area contributed by atoms with Gasteiger partial charge in [0.05, 0.1) is 24.4 Å². The summed E-state index contributed by atoms with van der Waals surface area (Å²) in [6, 6.07) is 6.60. The lowest BCUT2D eigenvalue weighted by molar-refractivity contribution is -0.134. The van der Waals surface area contributed by atoms with E-state index in [0.717, 1.165) is 17.2 Å². The van der Waals surface area contributed by atoms with Crippen LogP contribution in [0.2, 0.25) is 0 Å². The van der Waals surface area contributed by atoms with Crippen LogP contribution in [0.1, 0.15) is 52.2 Å². The smallest absolute Gasteiger partial charge is 0.251 e. The van der Waals surface area contributed by atoms with Gasteiger partial charge in [-0.1, -0.05) is 32.4 Å². The molecular formula is C28H37N5O5S. The molecule has 3 heterocycles. The lowest BCUT2D eigenvalue weighted by Crippen LogP contribution is -2.56. The fourth-order valence-corrected chi connectivity index (χ4v) is 6.81. The summed E-state index contributed by atoms with van der Waals surface area (Å²) in [6.07, 6.45) is 1.43. The summed E-state index contributed by atoms with van der Waals surface area (Å²) in [7, 11) is -3.68. The molecule has 0 bridgehead atoms. The summed E-state index contributed by atoms with van der Waals surface area (Å²) >= 11 is 0. The normalized spacial score (nSPS) is 25.4. The zero-order valence-electron chi connectivity index (χ0n) is 23.5. The zero-order valence-corrected chi connectivity index (χ0v) is 24.3. The van der Waals surface area contributed by atoms with Gasteiger partial charge < -0.3 is 10.3 Å². The number of ketones is 1. The van der Waals surface area contributed by atoms with Gasteiger partial charge in [-0.15, -0.1) is 0 Å². The molecule has 0 aliphatic carbocycles. The molecule has 2 fully saturated rings. The fourth-order valence-electron chi connectivity index (χ4n) is 5.92. The molecule has 3 N–H and O–H groups in total. The summed E-state index contributed by atoms with van der Waals surface area (Å²) in [5.41, 5.74) is 0.734. The Labute approximate surface area is 229 Å². The molecule has 2 aliphatic heterocycles. The fraction of sp³-hybridized carbons (Fsp3) is 0.571. The third-order valence-corrected chi connectivity index (χ3v) is 8.66. The molecule has 1 amide bonds. The number of nitriles is 1. The van der Waals surface area contributed by atoms with Gasteiger partial charge in [0.25, 0.3) is 5.56 Å². The zero-order chi connectivity index (χ0) is 29.1. The van der Waals surface area contributed by atoms with Crippen molar-refractivity contribution in [3.05, 3.63) is 45.7 Å². The molecule has 11 heteroatoms. The van der Waals surface area contributed by atoms with Crippen LogP contribution in [-0.4, -0.2) is 66.0 Å². The van der Waals surface area contributed by atoms with Crippen LogP contribution >= 0.6 is 0 Å². The SMILES string of the molecule is Cc1ccc2[nH]c(=O)c(CC(C#N)NC(=O)[C@@H]3C(C(=O)[C@@H](NS(C)(=O)=O)C(C)(C)C)C[C@@H]4N3C4(C)C)cc2c1. The highest BCUT2D eigenvalue weighted by Gasteiger charge is 2.68. The molecule has 0 radical (unpaired) electrons. The number of H-pyrrole nitrogens is 1. The van der Waals surface area contributed by atoms with Crippen LogP contribution in [0.15, 0.2) is 29.1 Å². The maximum atomic E-state index is 13.8. The standard InChI is InChI=1S/C28H37N5O5S/c1-15-8-9-20-16(10-15)11-17(25(35)31-20)12-18(14-29)30-26(36)22-19(13-21-28(5,6)33(21)22)23(34)24(27(2,3)4)32-39(7,37)38/h8-11,18-19,21-22,24,32H,12-13H2,1-7H3,(H,30,36)(H,31,35)/t18?,19?,21-,22-,24+,33?/m0/s1. The molecule has 6 atom stereocenters. The van der Waals surface area contributed by atoms with Crippen molar-refractivity contribution in [2.45, 2.75) is 84.1 Å². The first-order chi connectivity index (χ1) is 17.9. The Hall–Kier alpha value is -3.07. The molecule has 39 heavy (non-hydrogen) atoms. The Morgan fingerprint density at radius 1 is 1.26 bits per heavy atom. The lowest BCUT2D eigenvalue weighted by atomic mass is 9.77. The molecule has 2 aliphatic rings. The number of aromatic amines is 1. The van der Waals surface area contributed by atoms with E-state index in [4.69, 9.17) is 0 Å². The largest absolute Gasteiger partial charge is 0.339 e. The predicted molar refractivity (Wildman–Crippen MR) is 148 cm³/mol. The second-order valence-electron chi connectivity index (χ2n) is 12.6. The van der Waals surface area contributed by atoms with Crippen molar-refractivity contribution < 1.29 is 18.0 Å². The highest BCUT2D eigenvalue weighted by atomic mass is 32.2. The highest BCUT2D eigenvalue weighted by Crippen LogP contribution is 2.54. The van der Waals surface area contributed by atoms with E-state index in [1.165, 1.54) is 0 Å². The van der Waals surface area contributed by atoms with Crippen LogP contribution in [0.5, 0.6) is 0 Å². The van der Waals surface area contributed by atoms with Crippen LogP contribution in [0.25, 0.3) is 10.9 Å². The van der Waals surface area contributed by atoms with Gasteiger partial charge >= 0.3 is 0 Å². The van der Waals surface area contributed by atoms with E-state index in [1.807, 2.05) is 43.9 Å². The van der Waals surface area contributed by atoms with E-state index < -0.39 is 45.4 Å². The van der Waals surface area contributed by atoms with Crippen LogP contribution in [-0.2, 0) is 26.0 Å². The molecule has 0 spiro atoms. The Morgan fingerprint density at radius 3 is 2.51 bits per heavy atom. The number of nitrogens with zero attached hydrogens (tertiary/aromatic N) is 2. The van der Waals surface area contributed by atoms with Crippen LogP contribution < -0.4 is 15.6 Å². The number of pyridine rings is 1. The minimum Gasteiger partial charge on any atom is -0.339 e. The molecule has 3 unspecified atom stereocenters. The van der Waals surface area contributed by atoms with Crippen molar-refractivity contribution in [2.24, 2.45) is 11.3 Å². The van der Waals surface area contributed by atoms with E-state index >= 15 is 0 Å². The van der Waals surface area contributed by atoms with Crippen molar-refractivity contribution in [3.63, 3.8) is 0 Å². The van der Waals surface area contributed by atoms with Crippen LogP contribution in [0, 0.1) is 29.6 Å². The third kappa shape index (κ3) is 5.78. The van der Waals surface area contributed by atoms with Gasteiger partial charge in [-0.25, -0.2) is 13.1 Å². The van der Waals surface area contributed by atoms with Crippen LogP contribution in [0.4, 0.5) is 0 Å². The Kier molecular flexibility index (Phi) is 7.30. The quantitative estimate of drug-likeness (QED) is 0.420. The van der Waals surface area contributed by atoms with Gasteiger partial charge in [-0.05, 0) is 56.2 Å². The lowest BCUT2D eigenvalue weighted by Gasteiger charge is -2.34. The highest BCUT2D eigenvalue weighted by molar-refractivity contribution is 7.88. The third-order valence-electron chi connectivity index (χ3n) is 8.00. The number of carbonyl (C=O) groups excluding carboxylic acids is 2. The minimum atomic E-state index is -3.68. The predicted octanol–water partition coefficient (Wildman–Crippen LogP) is 1.77. The van der Waals surface area contributed by atoms with Gasteiger partial charge in [0.15, 0.2) is 5.78 Å². The van der Waals surface area contributed by atoms with Crippen molar-refractivity contribution in [2.75, 3.05) is 6.26 Å². The summed E-state index contributed by atoms with van der Waals surface area (Å²) < 4.78 is 26.6. The molecule has 2 saturated heterocycles. The van der Waals surface area contributed by atoms with E-state index in [9.17, 15) is 28.1 Å². The molecule has 4 rings (SSSR count). The number of hydrogen-bond acceptors (Lipinski definition) is 7. The van der Waals surface area contributed by atoms with Crippen molar-refractivity contribution in [1.29, 1.82) is 5.26 Å². The first-order valence-corrected chi connectivity index (χ1v) is 14.9. The topological polar surface area (TPSA) is 152 Å². The number of fused-ring (bicyclic) bond motifs is 2. The number of hydrogen-bond donors (Lipinski definition) is 3. The van der Waals surface area contributed by atoms with Gasteiger partial charge in [-0.2, -0.15) is 5.26 Å². The molecule has 210 valence electrons. The minimum absolute atomic E-state index is 0.000139. The summed E-state index contributed by atoms with van der Waals surface area (Å²) in [4.78, 5) is 44.9. The maximum Gasteiger partial charge on any atom is 0.251 e. The molecule has 10 nitrogen and oxygen atoms in total. The van der Waals surface area contributed by atoms with Gasteiger partial charge in [0.1, 0.15) is 6.04 Å². The Balaban J connectivity index is 1.58. The molecule has 0 saturated carbocycles. The average molecular weight is 556 g/mol. The van der Waals surface area contributed by atoms with Gasteiger partial charge in [-0.3, -0.25) is 19.3 Å². The van der Waals surface area contributed by atoms with Crippen molar-refractivity contribution in [1.82, 2.24) is 19.9 Å². The number of nitrogens with one attached hydrogen (secondary N) is 3. The number of Topliss-reactive ketones (excluding diaryl/α,β-unsaturated/α-hetero) is 1. The number of sulfonamides is 1. The average Bonchev–Trinajstić information content (AvgIpc) is 3.14. The number of piperidine rings is 1. The Morgan fingerprint density at radius 2 is 1.92 bits per heavy atom. The number of benzene rings is 1. The number of carbonyl (C=O) groups is 2. The van der Waals surface area contributed by atoms with Gasteiger partial charge in [0, 0.05) is 35.0 Å². The Bertz CT molecular complexity index is 1530.